The lowest BCUT2D eigenvalue weighted by molar-refractivity contribution is -0.117. The van der Waals surface area contributed by atoms with E-state index in [-0.39, 0.29) is 24.0 Å². The molecule has 5 rings (SSSR count). The SMILES string of the molecule is C1#CCCC(c2noc3ccccc23)CC1.C=C(N=C(c1ccc(F)cc1)N(C)CC(C)=O)c1ccc(F)cc1. The lowest BCUT2D eigenvalue weighted by Gasteiger charge is -2.21. The number of ketones is 1. The summed E-state index contributed by atoms with van der Waals surface area (Å²) in [6, 6.07) is 19.7. The fourth-order valence-electron chi connectivity index (χ4n) is 4.50. The van der Waals surface area contributed by atoms with Crippen molar-refractivity contribution in [1.29, 1.82) is 0 Å². The van der Waals surface area contributed by atoms with Crippen LogP contribution in [0.3, 0.4) is 0 Å². The summed E-state index contributed by atoms with van der Waals surface area (Å²) in [6.45, 7) is 5.54. The van der Waals surface area contributed by atoms with Crippen molar-refractivity contribution in [1.82, 2.24) is 10.1 Å². The predicted octanol–water partition coefficient (Wildman–Crippen LogP) is 7.39. The number of carbonyl (C=O) groups is 1. The van der Waals surface area contributed by atoms with Crippen LogP contribution in [-0.2, 0) is 4.79 Å². The van der Waals surface area contributed by atoms with Crippen LogP contribution in [0.1, 0.15) is 55.3 Å². The molecule has 1 heterocycles. The molecule has 4 aromatic rings. The van der Waals surface area contributed by atoms with E-state index in [9.17, 15) is 13.6 Å². The number of rotatable bonds is 6. The number of Topliss-reactive ketones (excluding diaryl/α,β-unsaturated/α-hetero) is 1. The van der Waals surface area contributed by atoms with E-state index >= 15 is 0 Å². The molecule has 1 aliphatic carbocycles. The van der Waals surface area contributed by atoms with Crippen molar-refractivity contribution in [3.63, 3.8) is 0 Å². The molecule has 0 saturated heterocycles. The molecule has 7 heteroatoms. The summed E-state index contributed by atoms with van der Waals surface area (Å²) in [7, 11) is 1.72. The van der Waals surface area contributed by atoms with Gasteiger partial charge in [0.2, 0.25) is 0 Å². The first-order chi connectivity index (χ1) is 19.3. The van der Waals surface area contributed by atoms with Crippen molar-refractivity contribution in [2.75, 3.05) is 13.6 Å². The number of aliphatic imine (C=N–C) groups is 1. The van der Waals surface area contributed by atoms with E-state index in [0.717, 1.165) is 42.3 Å². The third-order valence-electron chi connectivity index (χ3n) is 6.49. The van der Waals surface area contributed by atoms with Gasteiger partial charge in [-0.05, 0) is 86.0 Å². The molecule has 0 unspecified atom stereocenters. The average molecular weight is 540 g/mol. The van der Waals surface area contributed by atoms with Crippen molar-refractivity contribution in [3.05, 3.63) is 108 Å². The van der Waals surface area contributed by atoms with Crippen LogP contribution in [0.2, 0.25) is 0 Å². The molecule has 0 amide bonds. The number of benzene rings is 3. The fraction of sp³-hybridized carbons (Fsp3) is 0.242. The van der Waals surface area contributed by atoms with E-state index in [4.69, 9.17) is 4.52 Å². The Bertz CT molecular complexity index is 1550. The molecule has 5 nitrogen and oxygen atoms in total. The second-order valence-electron chi connectivity index (χ2n) is 9.65. The summed E-state index contributed by atoms with van der Waals surface area (Å²) >= 11 is 0. The Morgan fingerprint density at radius 2 is 1.55 bits per heavy atom. The van der Waals surface area contributed by atoms with Crippen molar-refractivity contribution in [2.45, 2.75) is 38.5 Å². The average Bonchev–Trinajstić information content (AvgIpc) is 3.18. The van der Waals surface area contributed by atoms with Crippen molar-refractivity contribution in [3.8, 4) is 11.8 Å². The van der Waals surface area contributed by atoms with E-state index < -0.39 is 0 Å². The summed E-state index contributed by atoms with van der Waals surface area (Å²) < 4.78 is 31.6. The van der Waals surface area contributed by atoms with Gasteiger partial charge in [0.1, 0.15) is 23.3 Å². The monoisotopic (exact) mass is 539 g/mol. The predicted molar refractivity (Wildman–Crippen MR) is 155 cm³/mol. The van der Waals surface area contributed by atoms with Crippen LogP contribution in [0.4, 0.5) is 8.78 Å². The summed E-state index contributed by atoms with van der Waals surface area (Å²) in [6.07, 6.45) is 4.16. The number of para-hydroxylation sites is 1. The number of nitrogens with zero attached hydrogens (tertiary/aromatic N) is 3. The van der Waals surface area contributed by atoms with E-state index in [1.54, 1.807) is 36.2 Å². The zero-order valence-electron chi connectivity index (χ0n) is 22.7. The highest BCUT2D eigenvalue weighted by molar-refractivity contribution is 6.03. The Labute approximate surface area is 233 Å². The van der Waals surface area contributed by atoms with Crippen molar-refractivity contribution < 1.29 is 18.1 Å². The second kappa shape index (κ2) is 13.5. The van der Waals surface area contributed by atoms with Crippen LogP contribution in [0.15, 0.2) is 88.9 Å². The van der Waals surface area contributed by atoms with Gasteiger partial charge in [0, 0.05) is 36.8 Å². The van der Waals surface area contributed by atoms with E-state index in [1.807, 2.05) is 18.2 Å². The van der Waals surface area contributed by atoms with E-state index in [2.05, 4.69) is 34.6 Å². The molecule has 0 bridgehead atoms. The lowest BCUT2D eigenvalue weighted by atomic mass is 9.94. The van der Waals surface area contributed by atoms with Crippen molar-refractivity contribution >= 4 is 28.3 Å². The molecule has 0 radical (unpaired) electrons. The maximum Gasteiger partial charge on any atom is 0.167 e. The molecular weight excluding hydrogens is 508 g/mol. The number of carbonyl (C=O) groups excluding carboxylic acids is 1. The first-order valence-electron chi connectivity index (χ1n) is 13.1. The Balaban J connectivity index is 0.000000199. The van der Waals surface area contributed by atoms with Crippen LogP contribution in [0.25, 0.3) is 16.7 Å². The summed E-state index contributed by atoms with van der Waals surface area (Å²) in [5.41, 5.74) is 3.74. The van der Waals surface area contributed by atoms with Crippen LogP contribution in [-0.4, -0.2) is 35.3 Å². The van der Waals surface area contributed by atoms with Gasteiger partial charge in [0.05, 0.1) is 17.9 Å². The number of fused-ring (bicyclic) bond motifs is 1. The van der Waals surface area contributed by atoms with Crippen molar-refractivity contribution in [2.24, 2.45) is 4.99 Å². The number of amidine groups is 1. The van der Waals surface area contributed by atoms with E-state index in [1.165, 1.54) is 31.2 Å². The minimum Gasteiger partial charge on any atom is -0.356 e. The molecule has 0 fully saturated rings. The minimum atomic E-state index is -0.357. The highest BCUT2D eigenvalue weighted by atomic mass is 19.1. The van der Waals surface area contributed by atoms with Gasteiger partial charge in [-0.15, -0.1) is 11.8 Å². The molecule has 0 N–H and O–H groups in total. The zero-order valence-corrected chi connectivity index (χ0v) is 22.7. The van der Waals surface area contributed by atoms with Crippen LogP contribution >= 0.6 is 0 Å². The largest absolute Gasteiger partial charge is 0.356 e. The maximum atomic E-state index is 13.2. The Hall–Kier alpha value is -4.57. The Kier molecular flexibility index (Phi) is 9.58. The summed E-state index contributed by atoms with van der Waals surface area (Å²) in [4.78, 5) is 17.6. The van der Waals surface area contributed by atoms with Gasteiger partial charge in [0.15, 0.2) is 5.58 Å². The van der Waals surface area contributed by atoms with Gasteiger partial charge in [-0.2, -0.15) is 0 Å². The molecule has 0 atom stereocenters. The molecule has 40 heavy (non-hydrogen) atoms. The highest BCUT2D eigenvalue weighted by Gasteiger charge is 2.19. The first-order valence-corrected chi connectivity index (χ1v) is 13.1. The van der Waals surface area contributed by atoms with E-state index in [0.29, 0.717) is 28.6 Å². The summed E-state index contributed by atoms with van der Waals surface area (Å²) in [5.74, 6) is 6.61. The maximum absolute atomic E-state index is 13.2. The molecule has 0 spiro atoms. The third-order valence-corrected chi connectivity index (χ3v) is 6.49. The topological polar surface area (TPSA) is 58.7 Å². The summed E-state index contributed by atoms with van der Waals surface area (Å²) in [5, 5.41) is 5.39. The van der Waals surface area contributed by atoms with Gasteiger partial charge < -0.3 is 9.42 Å². The minimum absolute atomic E-state index is 0.0280. The molecule has 0 saturated carbocycles. The quantitative estimate of drug-likeness (QED) is 0.146. The first kappa shape index (κ1) is 28.4. The highest BCUT2D eigenvalue weighted by Crippen LogP contribution is 2.32. The van der Waals surface area contributed by atoms with Gasteiger partial charge in [-0.1, -0.05) is 23.9 Å². The fourth-order valence-corrected chi connectivity index (χ4v) is 4.50. The number of hydrogen-bond acceptors (Lipinski definition) is 4. The second-order valence-corrected chi connectivity index (χ2v) is 9.65. The van der Waals surface area contributed by atoms with Crippen LogP contribution in [0.5, 0.6) is 0 Å². The van der Waals surface area contributed by atoms with Gasteiger partial charge in [-0.25, -0.2) is 13.8 Å². The third kappa shape index (κ3) is 7.51. The lowest BCUT2D eigenvalue weighted by Crippen LogP contribution is -2.32. The molecular formula is C33H31F2N3O2. The smallest absolute Gasteiger partial charge is 0.167 e. The Morgan fingerprint density at radius 3 is 2.15 bits per heavy atom. The molecule has 204 valence electrons. The normalized spacial score (nSPS) is 13.4. The number of aromatic nitrogens is 1. The number of likely N-dealkylation sites (N-methyl/N-ethyl adjacent to an activating group) is 1. The Morgan fingerprint density at radius 1 is 0.975 bits per heavy atom. The molecule has 1 aromatic heterocycles. The van der Waals surface area contributed by atoms with Crippen LogP contribution in [0, 0.1) is 23.5 Å². The number of hydrogen-bond donors (Lipinski definition) is 0. The number of halogens is 2. The molecule has 1 aliphatic rings. The van der Waals surface area contributed by atoms with Gasteiger partial charge in [0.25, 0.3) is 0 Å². The van der Waals surface area contributed by atoms with Gasteiger partial charge >= 0.3 is 0 Å². The van der Waals surface area contributed by atoms with Gasteiger partial charge in [-0.3, -0.25) is 4.79 Å². The standard InChI is InChI=1S/C19H18F2N2O.C14H13NO/c1-13(24)12-23(3)19(16-6-10-18(21)11-7-16)22-14(2)15-4-8-17(20)9-5-15;1-2-4-8-11(7-3-1)14-12-9-5-6-10-13(12)16-15-14/h4-11H,2,12H2,1,3H3;5-6,9-11H,3-4,7-8H2. The molecule has 3 aromatic carbocycles. The molecule has 0 aliphatic heterocycles. The van der Waals surface area contributed by atoms with Crippen LogP contribution < -0.4 is 0 Å². The zero-order chi connectivity index (χ0) is 28.5.